The number of nitrogens with zero attached hydrogens (tertiary/aromatic N) is 2. The SMILES string of the molecule is CC(C)c1ccccc1NC(=O)[C@H](C)N1CCN(c2ccc(O)cc2)CC1. The fourth-order valence-electron chi connectivity index (χ4n) is 3.55. The summed E-state index contributed by atoms with van der Waals surface area (Å²) in [7, 11) is 0. The van der Waals surface area contributed by atoms with Gasteiger partial charge >= 0.3 is 0 Å². The smallest absolute Gasteiger partial charge is 0.241 e. The van der Waals surface area contributed by atoms with Gasteiger partial charge in [-0.3, -0.25) is 9.69 Å². The molecule has 5 nitrogen and oxygen atoms in total. The van der Waals surface area contributed by atoms with E-state index < -0.39 is 0 Å². The fourth-order valence-corrected chi connectivity index (χ4v) is 3.55. The maximum atomic E-state index is 12.8. The van der Waals surface area contributed by atoms with Gasteiger partial charge in [0.15, 0.2) is 0 Å². The van der Waals surface area contributed by atoms with E-state index in [0.717, 1.165) is 43.1 Å². The summed E-state index contributed by atoms with van der Waals surface area (Å²) in [6.07, 6.45) is 0. The molecule has 0 aliphatic carbocycles. The first-order valence-electron chi connectivity index (χ1n) is 9.63. The third-order valence-corrected chi connectivity index (χ3v) is 5.30. The first-order chi connectivity index (χ1) is 13.0. The second kappa shape index (κ2) is 8.44. The highest BCUT2D eigenvalue weighted by Crippen LogP contribution is 2.24. The predicted molar refractivity (Wildman–Crippen MR) is 111 cm³/mol. The quantitative estimate of drug-likeness (QED) is 0.847. The highest BCUT2D eigenvalue weighted by molar-refractivity contribution is 5.95. The molecular weight excluding hydrogens is 338 g/mol. The summed E-state index contributed by atoms with van der Waals surface area (Å²) in [6.45, 7) is 9.65. The summed E-state index contributed by atoms with van der Waals surface area (Å²) in [6, 6.07) is 15.1. The van der Waals surface area contributed by atoms with Crippen molar-refractivity contribution in [1.29, 1.82) is 0 Å². The van der Waals surface area contributed by atoms with E-state index in [1.807, 2.05) is 37.3 Å². The largest absolute Gasteiger partial charge is 0.508 e. The van der Waals surface area contributed by atoms with E-state index in [-0.39, 0.29) is 17.7 Å². The summed E-state index contributed by atoms with van der Waals surface area (Å²) in [5.41, 5.74) is 3.18. The van der Waals surface area contributed by atoms with Gasteiger partial charge in [0.05, 0.1) is 6.04 Å². The lowest BCUT2D eigenvalue weighted by Gasteiger charge is -2.38. The molecule has 0 unspecified atom stereocenters. The molecule has 1 fully saturated rings. The highest BCUT2D eigenvalue weighted by Gasteiger charge is 2.26. The molecule has 0 saturated carbocycles. The van der Waals surface area contributed by atoms with Gasteiger partial charge in [0, 0.05) is 37.6 Å². The molecule has 2 N–H and O–H groups in total. The van der Waals surface area contributed by atoms with Crippen molar-refractivity contribution in [2.24, 2.45) is 0 Å². The molecule has 0 spiro atoms. The van der Waals surface area contributed by atoms with E-state index in [2.05, 4.69) is 35.0 Å². The van der Waals surface area contributed by atoms with Gasteiger partial charge in [-0.25, -0.2) is 0 Å². The standard InChI is InChI=1S/C22H29N3O2/c1-16(2)20-6-4-5-7-21(20)23-22(27)17(3)24-12-14-25(15-13-24)18-8-10-19(26)11-9-18/h4-11,16-17,26H,12-15H2,1-3H3,(H,23,27)/t17-/m0/s1. The first-order valence-corrected chi connectivity index (χ1v) is 9.63. The summed E-state index contributed by atoms with van der Waals surface area (Å²) in [4.78, 5) is 17.3. The number of hydrogen-bond acceptors (Lipinski definition) is 4. The number of piperazine rings is 1. The lowest BCUT2D eigenvalue weighted by atomic mass is 10.0. The minimum absolute atomic E-state index is 0.0428. The van der Waals surface area contributed by atoms with Crippen molar-refractivity contribution in [3.05, 3.63) is 54.1 Å². The number of phenolic OH excluding ortho intramolecular Hbond substituents is 1. The van der Waals surface area contributed by atoms with Crippen molar-refractivity contribution in [3.8, 4) is 5.75 Å². The van der Waals surface area contributed by atoms with Gasteiger partial charge in [-0.15, -0.1) is 0 Å². The Morgan fingerprint density at radius 3 is 2.22 bits per heavy atom. The average Bonchev–Trinajstić information content (AvgIpc) is 2.68. The average molecular weight is 367 g/mol. The Kier molecular flexibility index (Phi) is 6.01. The normalized spacial score (nSPS) is 16.4. The molecule has 0 radical (unpaired) electrons. The van der Waals surface area contributed by atoms with Crippen LogP contribution < -0.4 is 10.2 Å². The molecule has 1 amide bonds. The number of nitrogens with one attached hydrogen (secondary N) is 1. The van der Waals surface area contributed by atoms with Gasteiger partial charge in [-0.05, 0) is 48.7 Å². The third-order valence-electron chi connectivity index (χ3n) is 5.30. The first kappa shape index (κ1) is 19.2. The summed E-state index contributed by atoms with van der Waals surface area (Å²) < 4.78 is 0. The van der Waals surface area contributed by atoms with Gasteiger partial charge in [0.25, 0.3) is 0 Å². The Hall–Kier alpha value is -2.53. The topological polar surface area (TPSA) is 55.8 Å². The van der Waals surface area contributed by atoms with Gasteiger partial charge < -0.3 is 15.3 Å². The summed E-state index contributed by atoms with van der Waals surface area (Å²) in [5, 5.41) is 12.6. The molecule has 1 aliphatic heterocycles. The lowest BCUT2D eigenvalue weighted by molar-refractivity contribution is -0.120. The van der Waals surface area contributed by atoms with Crippen molar-refractivity contribution in [3.63, 3.8) is 0 Å². The molecule has 1 aliphatic rings. The Labute approximate surface area is 161 Å². The lowest BCUT2D eigenvalue weighted by Crippen LogP contribution is -2.52. The van der Waals surface area contributed by atoms with Crippen LogP contribution in [0.4, 0.5) is 11.4 Å². The van der Waals surface area contributed by atoms with Crippen molar-refractivity contribution in [2.75, 3.05) is 36.4 Å². The predicted octanol–water partition coefficient (Wildman–Crippen LogP) is 3.66. The zero-order chi connectivity index (χ0) is 19.4. The Balaban J connectivity index is 1.58. The monoisotopic (exact) mass is 367 g/mol. The third kappa shape index (κ3) is 4.61. The number of carbonyl (C=O) groups excluding carboxylic acids is 1. The van der Waals surface area contributed by atoms with Crippen LogP contribution in [0, 0.1) is 0 Å². The Morgan fingerprint density at radius 1 is 0.963 bits per heavy atom. The van der Waals surface area contributed by atoms with Crippen molar-refractivity contribution in [2.45, 2.75) is 32.7 Å². The van der Waals surface area contributed by atoms with Crippen LogP contribution in [-0.4, -0.2) is 48.1 Å². The van der Waals surface area contributed by atoms with Gasteiger partial charge in [-0.1, -0.05) is 32.0 Å². The second-order valence-corrected chi connectivity index (χ2v) is 7.45. The number of aromatic hydroxyl groups is 1. The molecule has 0 aromatic heterocycles. The molecule has 144 valence electrons. The summed E-state index contributed by atoms with van der Waals surface area (Å²) >= 11 is 0. The Morgan fingerprint density at radius 2 is 1.59 bits per heavy atom. The minimum Gasteiger partial charge on any atom is -0.508 e. The maximum absolute atomic E-state index is 12.8. The zero-order valence-electron chi connectivity index (χ0n) is 16.4. The highest BCUT2D eigenvalue weighted by atomic mass is 16.3. The van der Waals surface area contributed by atoms with Crippen LogP contribution in [-0.2, 0) is 4.79 Å². The van der Waals surface area contributed by atoms with E-state index in [4.69, 9.17) is 0 Å². The van der Waals surface area contributed by atoms with Crippen molar-refractivity contribution < 1.29 is 9.90 Å². The number of carbonyl (C=O) groups is 1. The number of hydrogen-bond donors (Lipinski definition) is 2. The maximum Gasteiger partial charge on any atom is 0.241 e. The molecule has 0 bridgehead atoms. The Bertz CT molecular complexity index is 765. The van der Waals surface area contributed by atoms with Crippen LogP contribution >= 0.6 is 0 Å². The molecule has 2 aromatic rings. The number of anilines is 2. The van der Waals surface area contributed by atoms with E-state index in [1.54, 1.807) is 12.1 Å². The number of para-hydroxylation sites is 1. The van der Waals surface area contributed by atoms with E-state index in [0.29, 0.717) is 5.92 Å². The van der Waals surface area contributed by atoms with E-state index >= 15 is 0 Å². The minimum atomic E-state index is -0.174. The molecule has 1 atom stereocenters. The van der Waals surface area contributed by atoms with E-state index in [1.165, 1.54) is 0 Å². The molecule has 1 saturated heterocycles. The number of amides is 1. The van der Waals surface area contributed by atoms with Crippen LogP contribution in [0.1, 0.15) is 32.3 Å². The van der Waals surface area contributed by atoms with Gasteiger partial charge in [0.2, 0.25) is 5.91 Å². The molecule has 5 heteroatoms. The zero-order valence-corrected chi connectivity index (χ0v) is 16.4. The van der Waals surface area contributed by atoms with Gasteiger partial charge in [-0.2, -0.15) is 0 Å². The second-order valence-electron chi connectivity index (χ2n) is 7.45. The molecule has 2 aromatic carbocycles. The van der Waals surface area contributed by atoms with Crippen molar-refractivity contribution >= 4 is 17.3 Å². The number of benzene rings is 2. The van der Waals surface area contributed by atoms with Gasteiger partial charge in [0.1, 0.15) is 5.75 Å². The molecule has 27 heavy (non-hydrogen) atoms. The molecule has 3 rings (SSSR count). The van der Waals surface area contributed by atoms with Crippen LogP contribution in [0.3, 0.4) is 0 Å². The van der Waals surface area contributed by atoms with Crippen LogP contribution in [0.25, 0.3) is 0 Å². The van der Waals surface area contributed by atoms with E-state index in [9.17, 15) is 9.90 Å². The number of rotatable bonds is 5. The summed E-state index contributed by atoms with van der Waals surface area (Å²) in [5.74, 6) is 0.691. The fraction of sp³-hybridized carbons (Fsp3) is 0.409. The van der Waals surface area contributed by atoms with Crippen molar-refractivity contribution in [1.82, 2.24) is 4.90 Å². The van der Waals surface area contributed by atoms with Crippen LogP contribution in [0.2, 0.25) is 0 Å². The van der Waals surface area contributed by atoms with Crippen LogP contribution in [0.5, 0.6) is 5.75 Å². The van der Waals surface area contributed by atoms with Crippen LogP contribution in [0.15, 0.2) is 48.5 Å². The number of phenols is 1. The molecular formula is C22H29N3O2. The molecule has 1 heterocycles.